The first-order chi connectivity index (χ1) is 9.60. The molecule has 0 aliphatic rings. The highest BCUT2D eigenvalue weighted by atomic mass is 16.5. The SMILES string of the molecule is CCc1ccc(C(O)COc2cc(C)ccc2C)cc1. The van der Waals surface area contributed by atoms with Gasteiger partial charge < -0.3 is 9.84 Å². The van der Waals surface area contributed by atoms with Crippen LogP contribution in [0.3, 0.4) is 0 Å². The number of ether oxygens (including phenoxy) is 1. The zero-order chi connectivity index (χ0) is 14.5. The van der Waals surface area contributed by atoms with Crippen molar-refractivity contribution in [1.29, 1.82) is 0 Å². The van der Waals surface area contributed by atoms with Crippen LogP contribution in [0.25, 0.3) is 0 Å². The molecule has 0 aliphatic heterocycles. The van der Waals surface area contributed by atoms with Gasteiger partial charge in [-0.2, -0.15) is 0 Å². The van der Waals surface area contributed by atoms with Crippen LogP contribution in [0, 0.1) is 13.8 Å². The van der Waals surface area contributed by atoms with Crippen molar-refractivity contribution in [2.24, 2.45) is 0 Å². The summed E-state index contributed by atoms with van der Waals surface area (Å²) < 4.78 is 5.74. The molecule has 0 spiro atoms. The lowest BCUT2D eigenvalue weighted by molar-refractivity contribution is 0.108. The summed E-state index contributed by atoms with van der Waals surface area (Å²) in [4.78, 5) is 0. The maximum Gasteiger partial charge on any atom is 0.122 e. The van der Waals surface area contributed by atoms with Gasteiger partial charge in [0.2, 0.25) is 0 Å². The Kier molecular flexibility index (Phi) is 4.80. The highest BCUT2D eigenvalue weighted by Gasteiger charge is 2.09. The van der Waals surface area contributed by atoms with Crippen molar-refractivity contribution in [2.75, 3.05) is 6.61 Å². The van der Waals surface area contributed by atoms with Crippen molar-refractivity contribution in [2.45, 2.75) is 33.3 Å². The Morgan fingerprint density at radius 2 is 1.75 bits per heavy atom. The number of benzene rings is 2. The van der Waals surface area contributed by atoms with Crippen molar-refractivity contribution in [3.8, 4) is 5.75 Å². The minimum Gasteiger partial charge on any atom is -0.490 e. The van der Waals surface area contributed by atoms with E-state index in [4.69, 9.17) is 4.74 Å². The van der Waals surface area contributed by atoms with Gasteiger partial charge in [-0.3, -0.25) is 0 Å². The predicted octanol–water partition coefficient (Wildman–Crippen LogP) is 3.98. The van der Waals surface area contributed by atoms with Crippen LogP contribution >= 0.6 is 0 Å². The summed E-state index contributed by atoms with van der Waals surface area (Å²) in [5.74, 6) is 0.842. The summed E-state index contributed by atoms with van der Waals surface area (Å²) in [7, 11) is 0. The van der Waals surface area contributed by atoms with Crippen molar-refractivity contribution in [3.05, 3.63) is 64.7 Å². The van der Waals surface area contributed by atoms with E-state index in [9.17, 15) is 5.11 Å². The van der Waals surface area contributed by atoms with Crippen LogP contribution in [-0.2, 0) is 6.42 Å². The zero-order valence-electron chi connectivity index (χ0n) is 12.4. The van der Waals surface area contributed by atoms with Crippen molar-refractivity contribution in [1.82, 2.24) is 0 Å². The van der Waals surface area contributed by atoms with Crippen LogP contribution < -0.4 is 4.74 Å². The standard InChI is InChI=1S/C18H22O2/c1-4-15-7-9-16(10-8-15)17(19)12-20-18-11-13(2)5-6-14(18)3/h5-11,17,19H,4,12H2,1-3H3. The molecule has 0 amide bonds. The molecule has 2 aromatic carbocycles. The molecule has 0 bridgehead atoms. The third-order valence-electron chi connectivity index (χ3n) is 3.51. The van der Waals surface area contributed by atoms with E-state index in [0.717, 1.165) is 28.9 Å². The molecule has 0 saturated carbocycles. The summed E-state index contributed by atoms with van der Waals surface area (Å²) >= 11 is 0. The largest absolute Gasteiger partial charge is 0.490 e. The summed E-state index contributed by atoms with van der Waals surface area (Å²) in [5, 5.41) is 10.2. The monoisotopic (exact) mass is 270 g/mol. The average Bonchev–Trinajstić information content (AvgIpc) is 2.48. The molecule has 20 heavy (non-hydrogen) atoms. The Hall–Kier alpha value is -1.80. The zero-order valence-corrected chi connectivity index (χ0v) is 12.4. The first-order valence-corrected chi connectivity index (χ1v) is 7.07. The van der Waals surface area contributed by atoms with Gasteiger partial charge in [-0.15, -0.1) is 0 Å². The van der Waals surface area contributed by atoms with E-state index < -0.39 is 6.10 Å². The quantitative estimate of drug-likeness (QED) is 0.890. The average molecular weight is 270 g/mol. The molecule has 0 heterocycles. The fraction of sp³-hybridized carbons (Fsp3) is 0.333. The van der Waals surface area contributed by atoms with Gasteiger partial charge in [0.25, 0.3) is 0 Å². The molecule has 1 unspecified atom stereocenters. The van der Waals surface area contributed by atoms with Gasteiger partial charge in [-0.1, -0.05) is 43.3 Å². The summed E-state index contributed by atoms with van der Waals surface area (Å²) in [6, 6.07) is 14.1. The third-order valence-corrected chi connectivity index (χ3v) is 3.51. The van der Waals surface area contributed by atoms with Crippen molar-refractivity contribution < 1.29 is 9.84 Å². The molecule has 2 aromatic rings. The molecular weight excluding hydrogens is 248 g/mol. The molecule has 0 fully saturated rings. The maximum absolute atomic E-state index is 10.2. The molecule has 0 radical (unpaired) electrons. The minimum atomic E-state index is -0.596. The van der Waals surface area contributed by atoms with Gasteiger partial charge in [-0.05, 0) is 48.6 Å². The molecule has 2 rings (SSSR count). The number of aliphatic hydroxyl groups is 1. The molecule has 106 valence electrons. The highest BCUT2D eigenvalue weighted by Crippen LogP contribution is 2.21. The van der Waals surface area contributed by atoms with Crippen LogP contribution in [0.2, 0.25) is 0 Å². The maximum atomic E-state index is 10.2. The molecule has 1 atom stereocenters. The first kappa shape index (κ1) is 14.6. The van der Waals surface area contributed by atoms with Crippen LogP contribution in [0.4, 0.5) is 0 Å². The van der Waals surface area contributed by atoms with E-state index in [1.54, 1.807) is 0 Å². The van der Waals surface area contributed by atoms with E-state index in [-0.39, 0.29) is 6.61 Å². The van der Waals surface area contributed by atoms with Gasteiger partial charge in [0.1, 0.15) is 18.5 Å². The molecule has 0 saturated heterocycles. The Morgan fingerprint density at radius 3 is 2.40 bits per heavy atom. The molecule has 1 N–H and O–H groups in total. The lowest BCUT2D eigenvalue weighted by Gasteiger charge is -2.15. The van der Waals surface area contributed by atoms with Crippen LogP contribution in [0.1, 0.15) is 35.3 Å². The van der Waals surface area contributed by atoms with E-state index in [2.05, 4.69) is 25.1 Å². The van der Waals surface area contributed by atoms with E-state index in [0.29, 0.717) is 0 Å². The van der Waals surface area contributed by atoms with Crippen LogP contribution in [-0.4, -0.2) is 11.7 Å². The van der Waals surface area contributed by atoms with Crippen molar-refractivity contribution in [3.63, 3.8) is 0 Å². The van der Waals surface area contributed by atoms with E-state index in [1.807, 2.05) is 38.1 Å². The van der Waals surface area contributed by atoms with Gasteiger partial charge in [0.15, 0.2) is 0 Å². The molecule has 2 nitrogen and oxygen atoms in total. The highest BCUT2D eigenvalue weighted by molar-refractivity contribution is 5.36. The summed E-state index contributed by atoms with van der Waals surface area (Å²) in [6.07, 6.45) is 0.413. The number of aryl methyl sites for hydroxylation is 3. The number of aliphatic hydroxyl groups excluding tert-OH is 1. The Bertz CT molecular complexity index is 558. The Labute approximate surface area is 121 Å². The second kappa shape index (κ2) is 6.58. The molecule has 2 heteroatoms. The van der Waals surface area contributed by atoms with Crippen LogP contribution in [0.15, 0.2) is 42.5 Å². The second-order valence-electron chi connectivity index (χ2n) is 5.19. The van der Waals surface area contributed by atoms with Crippen molar-refractivity contribution >= 4 is 0 Å². The van der Waals surface area contributed by atoms with Gasteiger partial charge in [-0.25, -0.2) is 0 Å². The number of hydrogen-bond acceptors (Lipinski definition) is 2. The molecule has 0 aromatic heterocycles. The van der Waals surface area contributed by atoms with Gasteiger partial charge in [0, 0.05) is 0 Å². The normalized spacial score (nSPS) is 12.2. The van der Waals surface area contributed by atoms with E-state index in [1.165, 1.54) is 5.56 Å². The second-order valence-corrected chi connectivity index (χ2v) is 5.19. The molecular formula is C18H22O2. The summed E-state index contributed by atoms with van der Waals surface area (Å²) in [5.41, 5.74) is 4.42. The van der Waals surface area contributed by atoms with Gasteiger partial charge in [0.05, 0.1) is 0 Å². The Morgan fingerprint density at radius 1 is 1.05 bits per heavy atom. The summed E-state index contributed by atoms with van der Waals surface area (Å²) in [6.45, 7) is 6.44. The van der Waals surface area contributed by atoms with E-state index >= 15 is 0 Å². The van der Waals surface area contributed by atoms with Gasteiger partial charge >= 0.3 is 0 Å². The first-order valence-electron chi connectivity index (χ1n) is 7.07. The minimum absolute atomic E-state index is 0.274. The molecule has 0 aliphatic carbocycles. The van der Waals surface area contributed by atoms with Crippen LogP contribution in [0.5, 0.6) is 5.75 Å². The fourth-order valence-corrected chi connectivity index (χ4v) is 2.10. The fourth-order valence-electron chi connectivity index (χ4n) is 2.10. The number of hydrogen-bond donors (Lipinski definition) is 1. The number of rotatable bonds is 5. The third kappa shape index (κ3) is 3.61. The lowest BCUT2D eigenvalue weighted by atomic mass is 10.1. The lowest BCUT2D eigenvalue weighted by Crippen LogP contribution is -2.10. The smallest absolute Gasteiger partial charge is 0.122 e. The Balaban J connectivity index is 2.00. The topological polar surface area (TPSA) is 29.5 Å². The predicted molar refractivity (Wildman–Crippen MR) is 82.2 cm³/mol.